The minimum absolute atomic E-state index is 0.146. The van der Waals surface area contributed by atoms with Crippen molar-refractivity contribution in [2.75, 3.05) is 10.6 Å². The predicted molar refractivity (Wildman–Crippen MR) is 112 cm³/mol. The topological polar surface area (TPSA) is 66.5 Å². The van der Waals surface area contributed by atoms with Gasteiger partial charge in [-0.3, -0.25) is 9.10 Å². The molecule has 1 atom stereocenters. The Morgan fingerprint density at radius 2 is 1.71 bits per heavy atom. The van der Waals surface area contributed by atoms with E-state index in [1.807, 2.05) is 6.92 Å². The number of sulfonamides is 1. The van der Waals surface area contributed by atoms with Crippen LogP contribution in [-0.2, 0) is 14.8 Å². The SMILES string of the molecule is Cc1ccc(Cl)cc1N([C@H](C)C(=O)NC12CC3CC(CC(C3)C1)C2)S(C)(=O)=O. The summed E-state index contributed by atoms with van der Waals surface area (Å²) in [5.74, 6) is 1.92. The fourth-order valence-corrected chi connectivity index (χ4v) is 7.62. The third-order valence-electron chi connectivity index (χ3n) is 6.92. The van der Waals surface area contributed by atoms with E-state index in [9.17, 15) is 13.2 Å². The molecule has 4 aliphatic rings. The molecular formula is C21H29ClN2O3S. The zero-order valence-corrected chi connectivity index (χ0v) is 18.3. The summed E-state index contributed by atoms with van der Waals surface area (Å²) in [4.78, 5) is 13.2. The molecule has 4 saturated carbocycles. The average Bonchev–Trinajstić information content (AvgIpc) is 2.55. The van der Waals surface area contributed by atoms with E-state index < -0.39 is 16.1 Å². The van der Waals surface area contributed by atoms with Gasteiger partial charge in [0.05, 0.1) is 11.9 Å². The van der Waals surface area contributed by atoms with Crippen LogP contribution in [0.4, 0.5) is 5.69 Å². The van der Waals surface area contributed by atoms with E-state index in [4.69, 9.17) is 11.6 Å². The second-order valence-electron chi connectivity index (χ2n) is 9.35. The van der Waals surface area contributed by atoms with Gasteiger partial charge in [0.25, 0.3) is 0 Å². The van der Waals surface area contributed by atoms with Crippen molar-refractivity contribution >= 4 is 33.2 Å². The highest BCUT2D eigenvalue weighted by atomic mass is 35.5. The van der Waals surface area contributed by atoms with Gasteiger partial charge in [0.1, 0.15) is 6.04 Å². The van der Waals surface area contributed by atoms with Crippen LogP contribution < -0.4 is 9.62 Å². The fraction of sp³-hybridized carbons (Fsp3) is 0.667. The van der Waals surface area contributed by atoms with E-state index in [1.165, 1.54) is 23.6 Å². The maximum Gasteiger partial charge on any atom is 0.244 e. The maximum absolute atomic E-state index is 13.2. The van der Waals surface area contributed by atoms with Crippen molar-refractivity contribution < 1.29 is 13.2 Å². The number of anilines is 1. The van der Waals surface area contributed by atoms with Crippen molar-refractivity contribution in [2.45, 2.75) is 64.0 Å². The number of carbonyl (C=O) groups excluding carboxylic acids is 1. The Labute approximate surface area is 172 Å². The van der Waals surface area contributed by atoms with Crippen molar-refractivity contribution in [1.29, 1.82) is 0 Å². The lowest BCUT2D eigenvalue weighted by Crippen LogP contribution is -2.62. The lowest BCUT2D eigenvalue weighted by molar-refractivity contribution is -0.127. The number of halogens is 1. The molecule has 0 saturated heterocycles. The number of hydrogen-bond donors (Lipinski definition) is 1. The van der Waals surface area contributed by atoms with Gasteiger partial charge < -0.3 is 5.32 Å². The Hall–Kier alpha value is -1.27. The number of aryl methyl sites for hydroxylation is 1. The third kappa shape index (κ3) is 3.65. The van der Waals surface area contributed by atoms with E-state index in [2.05, 4.69) is 5.32 Å². The van der Waals surface area contributed by atoms with Gasteiger partial charge in [0.2, 0.25) is 15.9 Å². The van der Waals surface area contributed by atoms with Gasteiger partial charge in [-0.2, -0.15) is 0 Å². The normalized spacial score (nSPS) is 32.2. The van der Waals surface area contributed by atoms with Gasteiger partial charge in [-0.25, -0.2) is 8.42 Å². The first-order chi connectivity index (χ1) is 13.1. The lowest BCUT2D eigenvalue weighted by Gasteiger charge is -2.57. The molecule has 4 fully saturated rings. The standard InChI is InChI=1S/C21H29ClN2O3S/c1-13-4-5-18(22)9-19(13)24(28(3,26)27)14(2)20(25)23-21-10-15-6-16(11-21)8-17(7-15)12-21/h4-5,9,14-17H,6-8,10-12H2,1-3H3,(H,23,25)/t14-,15?,16?,17?,21?/m1/s1. The molecule has 154 valence electrons. The highest BCUT2D eigenvalue weighted by Crippen LogP contribution is 2.55. The molecule has 1 aromatic carbocycles. The summed E-state index contributed by atoms with van der Waals surface area (Å²) in [6.45, 7) is 3.49. The molecule has 5 nitrogen and oxygen atoms in total. The van der Waals surface area contributed by atoms with Gasteiger partial charge in [-0.1, -0.05) is 17.7 Å². The van der Waals surface area contributed by atoms with Crippen LogP contribution in [-0.4, -0.2) is 32.2 Å². The van der Waals surface area contributed by atoms with Crippen molar-refractivity contribution in [1.82, 2.24) is 5.32 Å². The Balaban J connectivity index is 1.60. The predicted octanol–water partition coefficient (Wildman–Crippen LogP) is 3.89. The molecule has 0 unspecified atom stereocenters. The van der Waals surface area contributed by atoms with E-state index >= 15 is 0 Å². The summed E-state index contributed by atoms with van der Waals surface area (Å²) < 4.78 is 26.4. The zero-order valence-electron chi connectivity index (χ0n) is 16.7. The van der Waals surface area contributed by atoms with Gasteiger partial charge in [0.15, 0.2) is 0 Å². The van der Waals surface area contributed by atoms with Crippen LogP contribution in [0.1, 0.15) is 51.0 Å². The monoisotopic (exact) mass is 424 g/mol. The largest absolute Gasteiger partial charge is 0.349 e. The molecule has 4 aliphatic carbocycles. The molecule has 0 heterocycles. The van der Waals surface area contributed by atoms with Crippen molar-refractivity contribution in [3.63, 3.8) is 0 Å². The molecule has 0 radical (unpaired) electrons. The molecule has 7 heteroatoms. The van der Waals surface area contributed by atoms with E-state index in [0.717, 1.165) is 31.1 Å². The highest BCUT2D eigenvalue weighted by Gasteiger charge is 2.52. The smallest absolute Gasteiger partial charge is 0.244 e. The molecule has 5 rings (SSSR count). The molecule has 4 bridgehead atoms. The van der Waals surface area contributed by atoms with Crippen LogP contribution in [0.3, 0.4) is 0 Å². The van der Waals surface area contributed by atoms with Crippen molar-refractivity contribution in [2.24, 2.45) is 17.8 Å². The summed E-state index contributed by atoms with van der Waals surface area (Å²) >= 11 is 6.12. The Kier molecular flexibility index (Phi) is 4.94. The zero-order chi connectivity index (χ0) is 20.3. The van der Waals surface area contributed by atoms with Crippen LogP contribution in [0.5, 0.6) is 0 Å². The second kappa shape index (κ2) is 6.91. The molecule has 1 amide bonds. The summed E-state index contributed by atoms with van der Waals surface area (Å²) in [6.07, 6.45) is 8.12. The minimum Gasteiger partial charge on any atom is -0.349 e. The molecular weight excluding hydrogens is 396 g/mol. The molecule has 0 spiro atoms. The lowest BCUT2D eigenvalue weighted by atomic mass is 9.53. The number of hydrogen-bond acceptors (Lipinski definition) is 3. The number of nitrogens with one attached hydrogen (secondary N) is 1. The van der Waals surface area contributed by atoms with Crippen LogP contribution in [0.25, 0.3) is 0 Å². The van der Waals surface area contributed by atoms with Gasteiger partial charge in [-0.15, -0.1) is 0 Å². The van der Waals surface area contributed by atoms with Crippen molar-refractivity contribution in [3.05, 3.63) is 28.8 Å². The minimum atomic E-state index is -3.65. The van der Waals surface area contributed by atoms with Gasteiger partial charge >= 0.3 is 0 Å². The highest BCUT2D eigenvalue weighted by molar-refractivity contribution is 7.92. The number of carbonyl (C=O) groups is 1. The number of rotatable bonds is 5. The van der Waals surface area contributed by atoms with Crippen LogP contribution in [0.15, 0.2) is 18.2 Å². The van der Waals surface area contributed by atoms with Gasteiger partial charge in [-0.05, 0) is 87.8 Å². The first-order valence-corrected chi connectivity index (χ1v) is 12.4. The quantitative estimate of drug-likeness (QED) is 0.779. The first kappa shape index (κ1) is 20.0. The number of nitrogens with zero attached hydrogens (tertiary/aromatic N) is 1. The van der Waals surface area contributed by atoms with Crippen LogP contribution >= 0.6 is 11.6 Å². The molecule has 28 heavy (non-hydrogen) atoms. The van der Waals surface area contributed by atoms with Crippen molar-refractivity contribution in [3.8, 4) is 0 Å². The maximum atomic E-state index is 13.2. The van der Waals surface area contributed by atoms with E-state index in [-0.39, 0.29) is 11.4 Å². The summed E-state index contributed by atoms with van der Waals surface area (Å²) in [5, 5.41) is 3.75. The average molecular weight is 425 g/mol. The summed E-state index contributed by atoms with van der Waals surface area (Å²) in [5.41, 5.74) is 1.08. The first-order valence-electron chi connectivity index (χ1n) is 10.1. The Morgan fingerprint density at radius 3 is 2.21 bits per heavy atom. The van der Waals surface area contributed by atoms with Crippen LogP contribution in [0, 0.1) is 24.7 Å². The van der Waals surface area contributed by atoms with Gasteiger partial charge in [0, 0.05) is 10.6 Å². The number of amides is 1. The molecule has 1 aromatic rings. The van der Waals surface area contributed by atoms with E-state index in [0.29, 0.717) is 28.5 Å². The number of benzene rings is 1. The fourth-order valence-electron chi connectivity index (χ4n) is 6.23. The Morgan fingerprint density at radius 1 is 1.18 bits per heavy atom. The third-order valence-corrected chi connectivity index (χ3v) is 8.39. The summed E-state index contributed by atoms with van der Waals surface area (Å²) in [7, 11) is -3.65. The molecule has 0 aliphatic heterocycles. The molecule has 1 N–H and O–H groups in total. The Bertz CT molecular complexity index is 864. The summed E-state index contributed by atoms with van der Waals surface area (Å²) in [6, 6.07) is 4.28. The molecule has 0 aromatic heterocycles. The second-order valence-corrected chi connectivity index (χ2v) is 11.6. The van der Waals surface area contributed by atoms with E-state index in [1.54, 1.807) is 25.1 Å². The van der Waals surface area contributed by atoms with Crippen LogP contribution in [0.2, 0.25) is 5.02 Å².